The van der Waals surface area contributed by atoms with Gasteiger partial charge in [0, 0.05) is 12.8 Å². The summed E-state index contributed by atoms with van der Waals surface area (Å²) in [5.74, 6) is -1.61. The standard InChI is InChI=1S/C48H96NO8P/c1-6-8-10-12-14-16-18-20-22-24-26-28-30-32-34-36-38-40-45(51)48(47(53)44-50,57-58(54,55)56-43-42-49(3,4)5)46(52)41-39-37-35-33-31-29-27-25-23-21-19-17-15-13-11-9-7-2/h47,50,53H,6-44H2,1-5H3/t47-/m0/s1. The molecule has 0 aliphatic rings. The lowest BCUT2D eigenvalue weighted by Crippen LogP contribution is -2.59. The summed E-state index contributed by atoms with van der Waals surface area (Å²) in [6.45, 7) is 3.65. The number of unbranched alkanes of at least 4 members (excludes halogenated alkanes) is 32. The molecule has 0 aliphatic carbocycles. The maximum absolute atomic E-state index is 13.8. The van der Waals surface area contributed by atoms with Gasteiger partial charge >= 0.3 is 0 Å². The zero-order valence-corrected chi connectivity index (χ0v) is 39.8. The number of ketones is 2. The van der Waals surface area contributed by atoms with Gasteiger partial charge in [-0.3, -0.25) is 18.7 Å². The van der Waals surface area contributed by atoms with Gasteiger partial charge in [0.1, 0.15) is 19.3 Å². The monoisotopic (exact) mass is 846 g/mol. The quantitative estimate of drug-likeness (QED) is 0.0268. The molecule has 0 saturated heterocycles. The van der Waals surface area contributed by atoms with Gasteiger partial charge in [-0.2, -0.15) is 0 Å². The zero-order chi connectivity index (χ0) is 43.2. The highest BCUT2D eigenvalue weighted by molar-refractivity contribution is 7.46. The van der Waals surface area contributed by atoms with Crippen molar-refractivity contribution >= 4 is 19.4 Å². The molecule has 0 amide bonds. The van der Waals surface area contributed by atoms with E-state index in [4.69, 9.17) is 9.05 Å². The van der Waals surface area contributed by atoms with Gasteiger partial charge in [-0.15, -0.1) is 0 Å². The molecule has 0 saturated carbocycles. The van der Waals surface area contributed by atoms with E-state index in [0.717, 1.165) is 51.4 Å². The molecule has 346 valence electrons. The molecule has 2 atom stereocenters. The van der Waals surface area contributed by atoms with Crippen LogP contribution < -0.4 is 4.89 Å². The minimum Gasteiger partial charge on any atom is -0.756 e. The molecule has 0 heterocycles. The third-order valence-electron chi connectivity index (χ3n) is 11.8. The lowest BCUT2D eigenvalue weighted by molar-refractivity contribution is -0.870. The molecule has 0 spiro atoms. The molecule has 0 aromatic heterocycles. The lowest BCUT2D eigenvalue weighted by Gasteiger charge is -2.39. The smallest absolute Gasteiger partial charge is 0.269 e. The first-order valence-corrected chi connectivity index (χ1v) is 26.1. The van der Waals surface area contributed by atoms with Crippen LogP contribution in [0.15, 0.2) is 0 Å². The Morgan fingerprint density at radius 2 is 0.793 bits per heavy atom. The van der Waals surface area contributed by atoms with Crippen LogP contribution in [0.2, 0.25) is 0 Å². The fourth-order valence-corrected chi connectivity index (χ4v) is 8.88. The Labute approximate surface area is 358 Å². The minimum absolute atomic E-state index is 0.126. The molecule has 1 unspecified atom stereocenters. The second-order valence-electron chi connectivity index (χ2n) is 18.5. The Balaban J connectivity index is 4.79. The SMILES string of the molecule is CCCCCCCCCCCCCCCCCCCC(=O)C(OP(=O)([O-])OCC[N+](C)(C)C)(C(=O)CCCCCCCCCCCCCCCCCCC)[C@@H](O)CO. The van der Waals surface area contributed by atoms with Crippen molar-refractivity contribution in [2.24, 2.45) is 0 Å². The average molecular weight is 846 g/mol. The predicted molar refractivity (Wildman–Crippen MR) is 241 cm³/mol. The van der Waals surface area contributed by atoms with Crippen LogP contribution in [0.3, 0.4) is 0 Å². The lowest BCUT2D eigenvalue weighted by atomic mass is 9.82. The van der Waals surface area contributed by atoms with Crippen LogP contribution in [0.25, 0.3) is 0 Å². The zero-order valence-electron chi connectivity index (χ0n) is 38.9. The third-order valence-corrected chi connectivity index (χ3v) is 12.8. The van der Waals surface area contributed by atoms with Crippen molar-refractivity contribution in [3.05, 3.63) is 0 Å². The molecular weight excluding hydrogens is 750 g/mol. The van der Waals surface area contributed by atoms with E-state index in [1.54, 1.807) is 0 Å². The molecule has 0 aromatic rings. The first kappa shape index (κ1) is 57.3. The number of likely N-dealkylation sites (N-methyl/N-ethyl adjacent to an activating group) is 1. The highest BCUT2D eigenvalue weighted by Crippen LogP contribution is 2.46. The molecule has 10 heteroatoms. The van der Waals surface area contributed by atoms with Gasteiger partial charge in [0.2, 0.25) is 5.60 Å². The summed E-state index contributed by atoms with van der Waals surface area (Å²) in [5.41, 5.74) is -2.72. The van der Waals surface area contributed by atoms with Crippen molar-refractivity contribution in [3.63, 3.8) is 0 Å². The Morgan fingerprint density at radius 3 is 1.03 bits per heavy atom. The van der Waals surface area contributed by atoms with Crippen molar-refractivity contribution in [3.8, 4) is 0 Å². The van der Waals surface area contributed by atoms with Gasteiger partial charge in [-0.05, 0) is 12.8 Å². The molecule has 0 bridgehead atoms. The molecule has 0 radical (unpaired) electrons. The Bertz CT molecular complexity index is 953. The van der Waals surface area contributed by atoms with Gasteiger partial charge in [0.15, 0.2) is 11.6 Å². The third kappa shape index (κ3) is 32.1. The van der Waals surface area contributed by atoms with Crippen LogP contribution in [-0.2, 0) is 23.2 Å². The predicted octanol–water partition coefficient (Wildman–Crippen LogP) is 12.5. The minimum atomic E-state index is -5.20. The van der Waals surface area contributed by atoms with E-state index < -0.39 is 37.7 Å². The maximum atomic E-state index is 13.8. The fourth-order valence-electron chi connectivity index (χ4n) is 7.84. The second-order valence-corrected chi connectivity index (χ2v) is 19.8. The number of nitrogens with zero attached hydrogens (tertiary/aromatic N) is 1. The van der Waals surface area contributed by atoms with E-state index in [1.807, 2.05) is 21.1 Å². The van der Waals surface area contributed by atoms with Crippen LogP contribution in [0.1, 0.15) is 245 Å². The van der Waals surface area contributed by atoms with Gasteiger partial charge in [0.05, 0.1) is 27.7 Å². The summed E-state index contributed by atoms with van der Waals surface area (Å²) >= 11 is 0. The van der Waals surface area contributed by atoms with Crippen LogP contribution in [0.5, 0.6) is 0 Å². The summed E-state index contributed by atoms with van der Waals surface area (Å²) in [7, 11) is 0.435. The van der Waals surface area contributed by atoms with E-state index in [1.165, 1.54) is 154 Å². The van der Waals surface area contributed by atoms with E-state index in [0.29, 0.717) is 23.9 Å². The molecule has 0 rings (SSSR count). The summed E-state index contributed by atoms with van der Waals surface area (Å²) in [6.07, 6.45) is 38.2. The molecule has 0 aliphatic heterocycles. The summed E-state index contributed by atoms with van der Waals surface area (Å²) < 4.78 is 24.0. The number of Topliss-reactive ketones (excluding diaryl/α,β-unsaturated/α-hetero) is 2. The van der Waals surface area contributed by atoms with Gasteiger partial charge in [0.25, 0.3) is 7.82 Å². The number of quaternary nitrogens is 1. The van der Waals surface area contributed by atoms with Gasteiger partial charge < -0.3 is 24.1 Å². The van der Waals surface area contributed by atoms with Crippen LogP contribution in [0, 0.1) is 0 Å². The number of phosphoric acid groups is 1. The average Bonchev–Trinajstić information content (AvgIpc) is 3.18. The second kappa shape index (κ2) is 38.0. The van der Waals surface area contributed by atoms with E-state index in [9.17, 15) is 29.3 Å². The molecule has 9 nitrogen and oxygen atoms in total. The Morgan fingerprint density at radius 1 is 0.534 bits per heavy atom. The number of carbonyl (C=O) groups excluding carboxylic acids is 2. The number of hydrogen-bond donors (Lipinski definition) is 2. The number of aliphatic hydroxyl groups excluding tert-OH is 2. The van der Waals surface area contributed by atoms with Crippen molar-refractivity contribution in [1.82, 2.24) is 0 Å². The number of aliphatic hydroxyl groups is 2. The number of phosphoric ester groups is 1. The molecule has 0 fully saturated rings. The fraction of sp³-hybridized carbons (Fsp3) is 0.958. The van der Waals surface area contributed by atoms with Gasteiger partial charge in [-0.1, -0.05) is 219 Å². The molecule has 2 N–H and O–H groups in total. The number of carbonyl (C=O) groups is 2. The Kier molecular flexibility index (Phi) is 37.6. The van der Waals surface area contributed by atoms with Gasteiger partial charge in [-0.25, -0.2) is 0 Å². The first-order valence-electron chi connectivity index (χ1n) is 24.7. The molecular formula is C48H96NO8P. The molecule has 58 heavy (non-hydrogen) atoms. The van der Waals surface area contributed by atoms with E-state index >= 15 is 0 Å². The van der Waals surface area contributed by atoms with Crippen molar-refractivity contribution < 1.29 is 42.8 Å². The van der Waals surface area contributed by atoms with Crippen molar-refractivity contribution in [1.29, 1.82) is 0 Å². The summed E-state index contributed by atoms with van der Waals surface area (Å²) in [5, 5.41) is 21.0. The summed E-state index contributed by atoms with van der Waals surface area (Å²) in [6, 6.07) is 0. The normalized spacial score (nSPS) is 13.9. The topological polar surface area (TPSA) is 133 Å². The van der Waals surface area contributed by atoms with Crippen molar-refractivity contribution in [2.75, 3.05) is 40.9 Å². The van der Waals surface area contributed by atoms with E-state index in [2.05, 4.69) is 13.8 Å². The van der Waals surface area contributed by atoms with Crippen LogP contribution >= 0.6 is 7.82 Å². The highest BCUT2D eigenvalue weighted by atomic mass is 31.2. The largest absolute Gasteiger partial charge is 0.756 e. The number of rotatable bonds is 46. The summed E-state index contributed by atoms with van der Waals surface area (Å²) in [4.78, 5) is 40.8. The van der Waals surface area contributed by atoms with Crippen molar-refractivity contribution in [2.45, 2.75) is 257 Å². The molecule has 0 aromatic carbocycles. The Hall–Kier alpha value is -0.670. The maximum Gasteiger partial charge on any atom is 0.269 e. The highest BCUT2D eigenvalue weighted by Gasteiger charge is 2.53. The first-order chi connectivity index (χ1) is 27.9. The van der Waals surface area contributed by atoms with E-state index in [-0.39, 0.29) is 19.4 Å². The van der Waals surface area contributed by atoms with Crippen LogP contribution in [0.4, 0.5) is 0 Å². The van der Waals surface area contributed by atoms with Crippen LogP contribution in [-0.4, -0.2) is 78.9 Å². The number of hydrogen-bond acceptors (Lipinski definition) is 8.